The maximum Gasteiger partial charge on any atom is 0.187 e. The van der Waals surface area contributed by atoms with Crippen molar-refractivity contribution in [2.75, 3.05) is 18.4 Å². The van der Waals surface area contributed by atoms with Crippen LogP contribution in [-0.4, -0.2) is 19.1 Å². The summed E-state index contributed by atoms with van der Waals surface area (Å²) < 4.78 is 0. The number of fused-ring (bicyclic) bond motifs is 3. The standard InChI is InChI=1S/C19H19N3/c1-20-14-5-2-4-13(12-14)15-6-3-7-18-19(15)16-8-10-21-11-9-17(16)22-18/h2-7,12,16-17,21-22H,8-11H2. The lowest BCUT2D eigenvalue weighted by molar-refractivity contribution is 0.579. The van der Waals surface area contributed by atoms with Crippen molar-refractivity contribution in [3.63, 3.8) is 0 Å². The second kappa shape index (κ2) is 5.47. The Bertz CT molecular complexity index is 745. The fourth-order valence-electron chi connectivity index (χ4n) is 3.85. The van der Waals surface area contributed by atoms with Crippen LogP contribution in [0.25, 0.3) is 16.0 Å². The highest BCUT2D eigenvalue weighted by atomic mass is 15.0. The summed E-state index contributed by atoms with van der Waals surface area (Å²) in [5.74, 6) is 0.567. The van der Waals surface area contributed by atoms with Crippen molar-refractivity contribution in [2.24, 2.45) is 0 Å². The predicted molar refractivity (Wildman–Crippen MR) is 90.4 cm³/mol. The Morgan fingerprint density at radius 2 is 1.91 bits per heavy atom. The smallest absolute Gasteiger partial charge is 0.187 e. The lowest BCUT2D eigenvalue weighted by atomic mass is 9.86. The monoisotopic (exact) mass is 289 g/mol. The Hall–Kier alpha value is -2.31. The molecular weight excluding hydrogens is 270 g/mol. The van der Waals surface area contributed by atoms with Crippen LogP contribution in [0.5, 0.6) is 0 Å². The van der Waals surface area contributed by atoms with Gasteiger partial charge in [-0.05, 0) is 54.8 Å². The van der Waals surface area contributed by atoms with Crippen molar-refractivity contribution in [1.29, 1.82) is 0 Å². The minimum Gasteiger partial charge on any atom is -0.381 e. The van der Waals surface area contributed by atoms with Crippen LogP contribution in [0, 0.1) is 6.57 Å². The summed E-state index contributed by atoms with van der Waals surface area (Å²) in [5, 5.41) is 7.22. The van der Waals surface area contributed by atoms with Gasteiger partial charge in [0.1, 0.15) is 0 Å². The molecule has 2 atom stereocenters. The van der Waals surface area contributed by atoms with Crippen LogP contribution in [0.15, 0.2) is 42.5 Å². The van der Waals surface area contributed by atoms with Gasteiger partial charge >= 0.3 is 0 Å². The van der Waals surface area contributed by atoms with Gasteiger partial charge in [0.15, 0.2) is 5.69 Å². The Labute approximate surface area is 131 Å². The molecule has 0 spiro atoms. The van der Waals surface area contributed by atoms with Gasteiger partial charge in [0, 0.05) is 17.6 Å². The number of anilines is 1. The highest BCUT2D eigenvalue weighted by molar-refractivity contribution is 5.79. The van der Waals surface area contributed by atoms with E-state index < -0.39 is 0 Å². The average molecular weight is 289 g/mol. The number of hydrogen-bond donors (Lipinski definition) is 2. The summed E-state index contributed by atoms with van der Waals surface area (Å²) in [5.41, 5.74) is 5.87. The van der Waals surface area contributed by atoms with Crippen LogP contribution in [0.4, 0.5) is 11.4 Å². The zero-order valence-electron chi connectivity index (χ0n) is 12.5. The van der Waals surface area contributed by atoms with Crippen molar-refractivity contribution in [1.82, 2.24) is 5.32 Å². The van der Waals surface area contributed by atoms with E-state index in [0.717, 1.165) is 18.7 Å². The van der Waals surface area contributed by atoms with E-state index in [1.54, 1.807) is 0 Å². The molecule has 2 aliphatic heterocycles. The van der Waals surface area contributed by atoms with Gasteiger partial charge in [-0.3, -0.25) is 0 Å². The molecule has 1 fully saturated rings. The van der Waals surface area contributed by atoms with Crippen LogP contribution in [0.1, 0.15) is 24.3 Å². The van der Waals surface area contributed by atoms with E-state index in [4.69, 9.17) is 6.57 Å². The highest BCUT2D eigenvalue weighted by Gasteiger charge is 2.34. The quantitative estimate of drug-likeness (QED) is 0.771. The van der Waals surface area contributed by atoms with E-state index in [0.29, 0.717) is 17.6 Å². The second-order valence-electron chi connectivity index (χ2n) is 6.11. The fraction of sp³-hybridized carbons (Fsp3) is 0.316. The maximum atomic E-state index is 7.24. The highest BCUT2D eigenvalue weighted by Crippen LogP contribution is 2.45. The number of hydrogen-bond acceptors (Lipinski definition) is 2. The van der Waals surface area contributed by atoms with Gasteiger partial charge in [-0.15, -0.1) is 0 Å². The van der Waals surface area contributed by atoms with E-state index in [2.05, 4.69) is 39.7 Å². The van der Waals surface area contributed by atoms with Gasteiger partial charge < -0.3 is 10.6 Å². The number of nitrogens with zero attached hydrogens (tertiary/aromatic N) is 1. The van der Waals surface area contributed by atoms with Crippen molar-refractivity contribution in [3.05, 3.63) is 59.4 Å². The van der Waals surface area contributed by atoms with E-state index in [-0.39, 0.29) is 0 Å². The van der Waals surface area contributed by atoms with E-state index in [9.17, 15) is 0 Å². The summed E-state index contributed by atoms with van der Waals surface area (Å²) in [6.45, 7) is 9.41. The SMILES string of the molecule is [C-]#[N+]c1cccc(-c2cccc3c2C2CCNCCC2N3)c1. The molecule has 110 valence electrons. The van der Waals surface area contributed by atoms with Gasteiger partial charge in [-0.1, -0.05) is 30.3 Å². The Morgan fingerprint density at radius 3 is 2.82 bits per heavy atom. The Balaban J connectivity index is 1.83. The summed E-state index contributed by atoms with van der Waals surface area (Å²) in [7, 11) is 0. The minimum atomic E-state index is 0.537. The molecule has 1 saturated heterocycles. The lowest BCUT2D eigenvalue weighted by Gasteiger charge is -2.18. The topological polar surface area (TPSA) is 28.4 Å². The van der Waals surface area contributed by atoms with Crippen LogP contribution >= 0.6 is 0 Å². The van der Waals surface area contributed by atoms with Crippen molar-refractivity contribution in [2.45, 2.75) is 24.8 Å². The van der Waals surface area contributed by atoms with Gasteiger partial charge in [0.05, 0.1) is 6.57 Å². The second-order valence-corrected chi connectivity index (χ2v) is 6.11. The summed E-state index contributed by atoms with van der Waals surface area (Å²) in [6, 6.07) is 15.0. The van der Waals surface area contributed by atoms with Crippen LogP contribution in [0.2, 0.25) is 0 Å². The zero-order valence-corrected chi connectivity index (χ0v) is 12.5. The molecule has 0 radical (unpaired) electrons. The maximum absolute atomic E-state index is 7.24. The Kier molecular flexibility index (Phi) is 3.32. The molecule has 0 saturated carbocycles. The first-order valence-corrected chi connectivity index (χ1v) is 7.95. The molecule has 3 nitrogen and oxygen atoms in total. The van der Waals surface area contributed by atoms with Crippen molar-refractivity contribution < 1.29 is 0 Å². The molecule has 2 unspecified atom stereocenters. The zero-order chi connectivity index (χ0) is 14.9. The third-order valence-electron chi connectivity index (χ3n) is 4.85. The molecule has 4 rings (SSSR count). The normalized spacial score (nSPS) is 22.9. The molecule has 0 aromatic heterocycles. The van der Waals surface area contributed by atoms with E-state index in [1.807, 2.05) is 18.2 Å². The van der Waals surface area contributed by atoms with Gasteiger partial charge in [-0.25, -0.2) is 4.85 Å². The first-order valence-electron chi connectivity index (χ1n) is 7.95. The fourth-order valence-corrected chi connectivity index (χ4v) is 3.85. The average Bonchev–Trinajstić information content (AvgIpc) is 2.76. The van der Waals surface area contributed by atoms with Crippen molar-refractivity contribution in [3.8, 4) is 11.1 Å². The first kappa shape index (κ1) is 13.4. The molecular formula is C19H19N3. The van der Waals surface area contributed by atoms with Gasteiger partial charge in [0.25, 0.3) is 0 Å². The van der Waals surface area contributed by atoms with Crippen LogP contribution in [0.3, 0.4) is 0 Å². The van der Waals surface area contributed by atoms with Crippen LogP contribution < -0.4 is 10.6 Å². The molecule has 2 aromatic carbocycles. The van der Waals surface area contributed by atoms with E-state index >= 15 is 0 Å². The molecule has 2 heterocycles. The summed E-state index contributed by atoms with van der Waals surface area (Å²) >= 11 is 0. The van der Waals surface area contributed by atoms with Crippen LogP contribution in [-0.2, 0) is 0 Å². The van der Waals surface area contributed by atoms with Crippen molar-refractivity contribution >= 4 is 11.4 Å². The summed E-state index contributed by atoms with van der Waals surface area (Å²) in [4.78, 5) is 3.57. The Morgan fingerprint density at radius 1 is 1.05 bits per heavy atom. The van der Waals surface area contributed by atoms with Gasteiger partial charge in [-0.2, -0.15) is 0 Å². The molecule has 3 heteroatoms. The largest absolute Gasteiger partial charge is 0.381 e. The third kappa shape index (κ3) is 2.17. The molecule has 0 amide bonds. The minimum absolute atomic E-state index is 0.537. The first-order chi connectivity index (χ1) is 10.9. The summed E-state index contributed by atoms with van der Waals surface area (Å²) in [6.07, 6.45) is 2.34. The predicted octanol–water partition coefficient (Wildman–Crippen LogP) is 4.17. The molecule has 2 N–H and O–H groups in total. The molecule has 0 bridgehead atoms. The van der Waals surface area contributed by atoms with Gasteiger partial charge in [0.2, 0.25) is 0 Å². The lowest BCUT2D eigenvalue weighted by Crippen LogP contribution is -2.21. The number of benzene rings is 2. The molecule has 2 aliphatic rings. The third-order valence-corrected chi connectivity index (χ3v) is 4.85. The van der Waals surface area contributed by atoms with E-state index in [1.165, 1.54) is 29.7 Å². The number of nitrogens with one attached hydrogen (secondary N) is 2. The molecule has 22 heavy (non-hydrogen) atoms. The number of rotatable bonds is 1. The molecule has 0 aliphatic carbocycles. The molecule has 2 aromatic rings.